The Morgan fingerprint density at radius 3 is 2.61 bits per heavy atom. The summed E-state index contributed by atoms with van der Waals surface area (Å²) in [4.78, 5) is 0. The van der Waals surface area contributed by atoms with E-state index < -0.39 is 0 Å². The molecule has 1 aromatic rings. The van der Waals surface area contributed by atoms with E-state index in [9.17, 15) is 0 Å². The van der Waals surface area contributed by atoms with Crippen LogP contribution < -0.4 is 0 Å². The molecule has 0 radical (unpaired) electrons. The largest absolute Gasteiger partial charge is 0.0991 e. The highest BCUT2D eigenvalue weighted by atomic mass is 14.4. The number of allylic oxidation sites excluding steroid dienone is 8. The lowest BCUT2D eigenvalue weighted by Gasteiger charge is -2.32. The molecule has 0 saturated heterocycles. The third-order valence-electron chi connectivity index (χ3n) is 5.62. The summed E-state index contributed by atoms with van der Waals surface area (Å²) in [6, 6.07) is 9.01. The maximum absolute atomic E-state index is 4.25. The molecule has 2 aliphatic carbocycles. The molecule has 0 bridgehead atoms. The Labute approximate surface area is 140 Å². The van der Waals surface area contributed by atoms with Gasteiger partial charge in [-0.05, 0) is 59.1 Å². The van der Waals surface area contributed by atoms with Crippen molar-refractivity contribution in [3.05, 3.63) is 89.6 Å². The van der Waals surface area contributed by atoms with Crippen molar-refractivity contribution in [1.82, 2.24) is 0 Å². The van der Waals surface area contributed by atoms with E-state index in [4.69, 9.17) is 0 Å². The highest BCUT2D eigenvalue weighted by Crippen LogP contribution is 2.54. The van der Waals surface area contributed by atoms with Crippen LogP contribution in [0.3, 0.4) is 0 Å². The number of rotatable bonds is 5. The highest BCUT2D eigenvalue weighted by Gasteiger charge is 2.42. The SMILES string of the molecule is C=CC=CC(=C)C1=CC2=C(CC1)c1ccccc1C2(CC)CC. The number of hydrogen-bond acceptors (Lipinski definition) is 0. The zero-order chi connectivity index (χ0) is 16.4. The van der Waals surface area contributed by atoms with Crippen LogP contribution in [0.1, 0.15) is 50.7 Å². The van der Waals surface area contributed by atoms with Crippen LogP contribution in [-0.4, -0.2) is 0 Å². The summed E-state index contributed by atoms with van der Waals surface area (Å²) in [7, 11) is 0. The van der Waals surface area contributed by atoms with Gasteiger partial charge in [0.2, 0.25) is 0 Å². The predicted octanol–water partition coefficient (Wildman–Crippen LogP) is 6.53. The topological polar surface area (TPSA) is 0 Å². The van der Waals surface area contributed by atoms with E-state index >= 15 is 0 Å². The molecule has 2 aliphatic rings. The molecule has 0 nitrogen and oxygen atoms in total. The number of fused-ring (bicyclic) bond motifs is 2. The molecular formula is C23H26. The van der Waals surface area contributed by atoms with Gasteiger partial charge in [0.05, 0.1) is 0 Å². The zero-order valence-corrected chi connectivity index (χ0v) is 14.4. The molecule has 0 unspecified atom stereocenters. The fourth-order valence-electron chi connectivity index (χ4n) is 4.30. The van der Waals surface area contributed by atoms with Gasteiger partial charge in [0.25, 0.3) is 0 Å². The lowest BCUT2D eigenvalue weighted by molar-refractivity contribution is 0.484. The maximum atomic E-state index is 4.25. The fraction of sp³-hybridized carbons (Fsp3) is 0.304. The molecule has 0 aromatic heterocycles. The molecular weight excluding hydrogens is 276 g/mol. The minimum atomic E-state index is 0.181. The summed E-state index contributed by atoms with van der Waals surface area (Å²) >= 11 is 0. The van der Waals surface area contributed by atoms with Crippen molar-refractivity contribution in [2.75, 3.05) is 0 Å². The van der Waals surface area contributed by atoms with Crippen LogP contribution in [0.5, 0.6) is 0 Å². The maximum Gasteiger partial charge on any atom is 0.0206 e. The van der Waals surface area contributed by atoms with Crippen LogP contribution in [0, 0.1) is 0 Å². The molecule has 0 amide bonds. The molecule has 3 rings (SSSR count). The molecule has 23 heavy (non-hydrogen) atoms. The predicted molar refractivity (Wildman–Crippen MR) is 101 cm³/mol. The van der Waals surface area contributed by atoms with Crippen molar-refractivity contribution in [2.45, 2.75) is 44.9 Å². The monoisotopic (exact) mass is 302 g/mol. The lowest BCUT2D eigenvalue weighted by Crippen LogP contribution is -2.24. The van der Waals surface area contributed by atoms with E-state index in [2.05, 4.69) is 63.4 Å². The second-order valence-corrected chi connectivity index (χ2v) is 6.52. The van der Waals surface area contributed by atoms with Gasteiger partial charge in [-0.25, -0.2) is 0 Å². The molecule has 1 aromatic carbocycles. The minimum Gasteiger partial charge on any atom is -0.0991 e. The van der Waals surface area contributed by atoms with Crippen LogP contribution in [0.25, 0.3) is 5.57 Å². The first-order chi connectivity index (χ1) is 11.2. The molecule has 0 N–H and O–H groups in total. The first-order valence-corrected chi connectivity index (χ1v) is 8.70. The molecule has 0 saturated carbocycles. The average Bonchev–Trinajstić information content (AvgIpc) is 2.89. The number of hydrogen-bond donors (Lipinski definition) is 0. The third-order valence-corrected chi connectivity index (χ3v) is 5.62. The highest BCUT2D eigenvalue weighted by molar-refractivity contribution is 5.84. The van der Waals surface area contributed by atoms with Crippen molar-refractivity contribution in [2.24, 2.45) is 0 Å². The molecule has 0 fully saturated rings. The summed E-state index contributed by atoms with van der Waals surface area (Å²) in [6.07, 6.45) is 12.8. The Hall–Kier alpha value is -2.08. The van der Waals surface area contributed by atoms with Crippen molar-refractivity contribution >= 4 is 5.57 Å². The lowest BCUT2D eigenvalue weighted by atomic mass is 9.71. The summed E-state index contributed by atoms with van der Waals surface area (Å²) in [5.41, 5.74) is 8.79. The Morgan fingerprint density at radius 2 is 1.91 bits per heavy atom. The van der Waals surface area contributed by atoms with Gasteiger partial charge in [0.1, 0.15) is 0 Å². The van der Waals surface area contributed by atoms with E-state index in [0.717, 1.165) is 31.3 Å². The van der Waals surface area contributed by atoms with E-state index in [0.29, 0.717) is 0 Å². The molecule has 0 atom stereocenters. The van der Waals surface area contributed by atoms with Gasteiger partial charge in [-0.3, -0.25) is 0 Å². The third kappa shape index (κ3) is 2.37. The van der Waals surface area contributed by atoms with Gasteiger partial charge in [-0.1, -0.05) is 75.6 Å². The van der Waals surface area contributed by atoms with E-state index in [-0.39, 0.29) is 5.41 Å². The quantitative estimate of drug-likeness (QED) is 0.542. The normalized spacial score (nSPS) is 18.6. The second kappa shape index (κ2) is 6.20. The first kappa shape index (κ1) is 15.8. The number of benzene rings is 1. The second-order valence-electron chi connectivity index (χ2n) is 6.52. The van der Waals surface area contributed by atoms with Gasteiger partial charge in [0, 0.05) is 5.41 Å². The van der Waals surface area contributed by atoms with Crippen LogP contribution in [-0.2, 0) is 5.41 Å². The van der Waals surface area contributed by atoms with E-state index in [1.165, 1.54) is 22.3 Å². The van der Waals surface area contributed by atoms with Crippen LogP contribution in [0.2, 0.25) is 0 Å². The van der Waals surface area contributed by atoms with Gasteiger partial charge >= 0.3 is 0 Å². The van der Waals surface area contributed by atoms with E-state index in [1.807, 2.05) is 12.2 Å². The van der Waals surface area contributed by atoms with Crippen LogP contribution >= 0.6 is 0 Å². The summed E-state index contributed by atoms with van der Waals surface area (Å²) in [6.45, 7) is 12.7. The van der Waals surface area contributed by atoms with Crippen LogP contribution in [0.15, 0.2) is 78.4 Å². The van der Waals surface area contributed by atoms with Gasteiger partial charge < -0.3 is 0 Å². The van der Waals surface area contributed by atoms with Crippen molar-refractivity contribution in [1.29, 1.82) is 0 Å². The van der Waals surface area contributed by atoms with Crippen molar-refractivity contribution < 1.29 is 0 Å². The molecule has 0 aliphatic heterocycles. The molecule has 118 valence electrons. The molecule has 0 heteroatoms. The summed E-state index contributed by atoms with van der Waals surface area (Å²) < 4.78 is 0. The Morgan fingerprint density at radius 1 is 1.17 bits per heavy atom. The van der Waals surface area contributed by atoms with Crippen LogP contribution in [0.4, 0.5) is 0 Å². The van der Waals surface area contributed by atoms with Crippen molar-refractivity contribution in [3.63, 3.8) is 0 Å². The molecule has 0 spiro atoms. The minimum absolute atomic E-state index is 0.181. The smallest absolute Gasteiger partial charge is 0.0206 e. The Balaban J connectivity index is 2.12. The average molecular weight is 302 g/mol. The van der Waals surface area contributed by atoms with E-state index in [1.54, 1.807) is 5.57 Å². The summed E-state index contributed by atoms with van der Waals surface area (Å²) in [5.74, 6) is 0. The van der Waals surface area contributed by atoms with Gasteiger partial charge in [0.15, 0.2) is 0 Å². The zero-order valence-electron chi connectivity index (χ0n) is 14.4. The van der Waals surface area contributed by atoms with Crippen molar-refractivity contribution in [3.8, 4) is 0 Å². The standard InChI is InChI=1S/C23H26/c1-5-8-11-17(4)18-14-15-20-19-12-9-10-13-21(19)23(6-2,7-3)22(20)16-18/h5,8-13,16H,1,4,6-7,14-15H2,2-3H3. The Bertz CT molecular complexity index is 733. The first-order valence-electron chi connectivity index (χ1n) is 8.70. The summed E-state index contributed by atoms with van der Waals surface area (Å²) in [5, 5.41) is 0. The van der Waals surface area contributed by atoms with Gasteiger partial charge in [-0.2, -0.15) is 0 Å². The fourth-order valence-corrected chi connectivity index (χ4v) is 4.30. The Kier molecular flexibility index (Phi) is 4.26. The molecule has 0 heterocycles. The van der Waals surface area contributed by atoms with Gasteiger partial charge in [-0.15, -0.1) is 0 Å².